The zero-order chi connectivity index (χ0) is 15.1. The van der Waals surface area contributed by atoms with Crippen LogP contribution in [0.1, 0.15) is 20.8 Å². The fourth-order valence-corrected chi connectivity index (χ4v) is 0.292. The average Bonchev–Trinajstić information content (AvgIpc) is 2.29. The van der Waals surface area contributed by atoms with Crippen LogP contribution < -0.4 is 0 Å². The molecule has 0 rings (SSSR count). The summed E-state index contributed by atoms with van der Waals surface area (Å²) in [5.41, 5.74) is 0.433. The lowest BCUT2D eigenvalue weighted by Crippen LogP contribution is -1.98. The van der Waals surface area contributed by atoms with Gasteiger partial charge in [-0.15, -0.1) is 0 Å². The van der Waals surface area contributed by atoms with Crippen LogP contribution in [0.4, 0.5) is 0 Å². The Morgan fingerprint density at radius 1 is 1.06 bits per heavy atom. The molecule has 0 radical (unpaired) electrons. The predicted molar refractivity (Wildman–Crippen MR) is 69.7 cm³/mol. The van der Waals surface area contributed by atoms with Gasteiger partial charge in [-0.25, -0.2) is 4.79 Å². The number of carbonyl (C=O) groups is 3. The second-order valence-corrected chi connectivity index (χ2v) is 2.86. The molecule has 0 spiro atoms. The van der Waals surface area contributed by atoms with Gasteiger partial charge in [-0.1, -0.05) is 19.7 Å². The maximum absolute atomic E-state index is 10.2. The molecule has 0 atom stereocenters. The van der Waals surface area contributed by atoms with E-state index in [1.165, 1.54) is 27.0 Å². The van der Waals surface area contributed by atoms with Gasteiger partial charge in [0.2, 0.25) is 0 Å². The molecule has 0 fully saturated rings. The Morgan fingerprint density at radius 3 is 1.44 bits per heavy atom. The van der Waals surface area contributed by atoms with E-state index in [9.17, 15) is 14.4 Å². The fourth-order valence-electron chi connectivity index (χ4n) is 0.292. The van der Waals surface area contributed by atoms with E-state index in [-0.39, 0.29) is 17.7 Å². The normalized spacial score (nSPS) is 7.11. The van der Waals surface area contributed by atoms with Crippen LogP contribution in [0.2, 0.25) is 0 Å². The Labute approximate surface area is 108 Å². The summed E-state index contributed by atoms with van der Waals surface area (Å²) in [6, 6.07) is 0. The van der Waals surface area contributed by atoms with Gasteiger partial charge in [0.15, 0.2) is 5.78 Å². The van der Waals surface area contributed by atoms with E-state index in [2.05, 4.69) is 29.2 Å². The van der Waals surface area contributed by atoms with Gasteiger partial charge in [0.25, 0.3) is 0 Å². The number of esters is 2. The van der Waals surface area contributed by atoms with Gasteiger partial charge in [0, 0.05) is 12.5 Å². The van der Waals surface area contributed by atoms with Gasteiger partial charge in [-0.2, -0.15) is 0 Å². The van der Waals surface area contributed by atoms with E-state index >= 15 is 0 Å². The minimum absolute atomic E-state index is 0.0185. The SMILES string of the molecule is C=C(C)C(=O)OC.C=CC(C)=O.C=COC(C)=O. The van der Waals surface area contributed by atoms with Crippen molar-refractivity contribution in [3.63, 3.8) is 0 Å². The molecule has 0 unspecified atom stereocenters. The lowest BCUT2D eigenvalue weighted by Gasteiger charge is -1.91. The van der Waals surface area contributed by atoms with Crippen LogP contribution in [0, 0.1) is 0 Å². The first-order chi connectivity index (χ1) is 8.22. The van der Waals surface area contributed by atoms with Gasteiger partial charge in [-0.3, -0.25) is 9.59 Å². The highest BCUT2D eigenvalue weighted by molar-refractivity contribution is 5.86. The Hall–Kier alpha value is -2.17. The highest BCUT2D eigenvalue weighted by Gasteiger charge is 1.95. The molecular weight excluding hydrogens is 236 g/mol. The summed E-state index contributed by atoms with van der Waals surface area (Å²) in [5.74, 6) is -0.657. The van der Waals surface area contributed by atoms with Gasteiger partial charge < -0.3 is 9.47 Å². The number of hydrogen-bond acceptors (Lipinski definition) is 5. The molecule has 0 N–H and O–H groups in total. The van der Waals surface area contributed by atoms with Crippen molar-refractivity contribution < 1.29 is 23.9 Å². The van der Waals surface area contributed by atoms with E-state index in [0.717, 1.165) is 6.26 Å². The van der Waals surface area contributed by atoms with E-state index in [4.69, 9.17) is 0 Å². The first kappa shape index (κ1) is 21.1. The molecule has 0 aromatic heterocycles. The molecule has 0 aromatic carbocycles. The van der Waals surface area contributed by atoms with Crippen molar-refractivity contribution in [1.29, 1.82) is 0 Å². The maximum Gasteiger partial charge on any atom is 0.332 e. The number of allylic oxidation sites excluding steroid dienone is 1. The Bertz CT molecular complexity index is 315. The summed E-state index contributed by atoms with van der Waals surface area (Å²) in [7, 11) is 1.33. The van der Waals surface area contributed by atoms with Crippen LogP contribution in [0.3, 0.4) is 0 Å². The van der Waals surface area contributed by atoms with Gasteiger partial charge in [0.1, 0.15) is 0 Å². The molecule has 5 heteroatoms. The Kier molecular flexibility index (Phi) is 17.4. The summed E-state index contributed by atoms with van der Waals surface area (Å²) in [4.78, 5) is 29.6. The quantitative estimate of drug-likeness (QED) is 0.440. The van der Waals surface area contributed by atoms with Crippen molar-refractivity contribution in [2.75, 3.05) is 7.11 Å². The molecule has 0 aliphatic heterocycles. The molecule has 5 nitrogen and oxygen atoms in total. The van der Waals surface area contributed by atoms with Crippen LogP contribution in [0.15, 0.2) is 37.6 Å². The number of rotatable bonds is 3. The van der Waals surface area contributed by atoms with Crippen LogP contribution >= 0.6 is 0 Å². The molecule has 0 heterocycles. The third-order valence-electron chi connectivity index (χ3n) is 1.07. The third-order valence-corrected chi connectivity index (χ3v) is 1.07. The number of ketones is 1. The maximum atomic E-state index is 10.2. The number of carbonyl (C=O) groups excluding carboxylic acids is 3. The average molecular weight is 256 g/mol. The van der Waals surface area contributed by atoms with Crippen molar-refractivity contribution >= 4 is 17.7 Å². The predicted octanol–water partition coefficient (Wildman–Crippen LogP) is 2.19. The second-order valence-electron chi connectivity index (χ2n) is 2.86. The molecular formula is C13H20O5. The minimum Gasteiger partial charge on any atom is -0.466 e. The topological polar surface area (TPSA) is 69.7 Å². The monoisotopic (exact) mass is 256 g/mol. The zero-order valence-electron chi connectivity index (χ0n) is 11.3. The fraction of sp³-hybridized carbons (Fsp3) is 0.308. The van der Waals surface area contributed by atoms with Crippen LogP contribution in [-0.4, -0.2) is 24.8 Å². The van der Waals surface area contributed by atoms with E-state index in [0.29, 0.717) is 5.57 Å². The van der Waals surface area contributed by atoms with Crippen LogP contribution in [0.5, 0.6) is 0 Å². The van der Waals surface area contributed by atoms with E-state index < -0.39 is 0 Å². The van der Waals surface area contributed by atoms with E-state index in [1.54, 1.807) is 6.92 Å². The lowest BCUT2D eigenvalue weighted by molar-refractivity contribution is -0.136. The lowest BCUT2D eigenvalue weighted by atomic mass is 10.4. The smallest absolute Gasteiger partial charge is 0.332 e. The Balaban J connectivity index is -0.000000190. The second kappa shape index (κ2) is 14.8. The molecule has 102 valence electrons. The number of methoxy groups -OCH3 is 1. The largest absolute Gasteiger partial charge is 0.466 e. The van der Waals surface area contributed by atoms with Crippen molar-refractivity contribution in [1.82, 2.24) is 0 Å². The minimum atomic E-state index is -0.347. The number of ether oxygens (including phenoxy) is 2. The van der Waals surface area contributed by atoms with Crippen molar-refractivity contribution in [2.45, 2.75) is 20.8 Å². The highest BCUT2D eigenvalue weighted by Crippen LogP contribution is 1.87. The molecule has 0 aromatic rings. The van der Waals surface area contributed by atoms with E-state index in [1.807, 2.05) is 0 Å². The van der Waals surface area contributed by atoms with Crippen LogP contribution in [-0.2, 0) is 23.9 Å². The van der Waals surface area contributed by atoms with Gasteiger partial charge >= 0.3 is 11.9 Å². The molecule has 0 aliphatic rings. The molecule has 0 aliphatic carbocycles. The van der Waals surface area contributed by atoms with Crippen molar-refractivity contribution in [3.8, 4) is 0 Å². The van der Waals surface area contributed by atoms with Gasteiger partial charge in [0.05, 0.1) is 13.4 Å². The first-order valence-electron chi connectivity index (χ1n) is 4.87. The summed E-state index contributed by atoms with van der Waals surface area (Å²) >= 11 is 0. The summed E-state index contributed by atoms with van der Waals surface area (Å²) in [5, 5.41) is 0. The van der Waals surface area contributed by atoms with Crippen molar-refractivity contribution in [2.24, 2.45) is 0 Å². The highest BCUT2D eigenvalue weighted by atomic mass is 16.5. The molecule has 0 bridgehead atoms. The van der Waals surface area contributed by atoms with Crippen molar-refractivity contribution in [3.05, 3.63) is 37.6 Å². The zero-order valence-corrected chi connectivity index (χ0v) is 11.3. The molecule has 18 heavy (non-hydrogen) atoms. The third kappa shape index (κ3) is 29.2. The number of hydrogen-bond donors (Lipinski definition) is 0. The molecule has 0 saturated carbocycles. The van der Waals surface area contributed by atoms with Gasteiger partial charge in [-0.05, 0) is 19.9 Å². The van der Waals surface area contributed by atoms with Crippen LogP contribution in [0.25, 0.3) is 0 Å². The summed E-state index contributed by atoms with van der Waals surface area (Å²) < 4.78 is 8.44. The molecule has 0 saturated heterocycles. The summed E-state index contributed by atoms with van der Waals surface area (Å²) in [6.07, 6.45) is 2.38. The first-order valence-corrected chi connectivity index (χ1v) is 4.87. The molecule has 0 amide bonds. The Morgan fingerprint density at radius 2 is 1.44 bits per heavy atom. The summed E-state index contributed by atoms with van der Waals surface area (Å²) in [6.45, 7) is 14.1. The standard InChI is InChI=1S/C5H8O2.C4H6O2.C4H6O/c1-4(2)5(6)7-3;1-3-6-4(2)5;1-3-4(2)5/h1H2,2-3H3;3H,1H2,2H3;3H,1H2,2H3.